The zero-order valence-electron chi connectivity index (χ0n) is 15.1. The first kappa shape index (κ1) is 21.4. The van der Waals surface area contributed by atoms with Gasteiger partial charge in [0.2, 0.25) is 10.0 Å². The Morgan fingerprint density at radius 2 is 1.86 bits per heavy atom. The Labute approximate surface area is 167 Å². The van der Waals surface area contributed by atoms with Crippen LogP contribution in [0, 0.1) is 6.92 Å². The summed E-state index contributed by atoms with van der Waals surface area (Å²) in [7, 11) is -3.73. The number of nitrogens with one attached hydrogen (secondary N) is 1. The highest BCUT2D eigenvalue weighted by atomic mass is 35.5. The van der Waals surface area contributed by atoms with E-state index in [1.54, 1.807) is 19.1 Å². The van der Waals surface area contributed by atoms with E-state index in [0.29, 0.717) is 10.6 Å². The first-order valence-electron chi connectivity index (χ1n) is 7.97. The van der Waals surface area contributed by atoms with E-state index in [0.717, 1.165) is 16.1 Å². The summed E-state index contributed by atoms with van der Waals surface area (Å²) in [6.45, 7) is 1.30. The minimum Gasteiger partial charge on any atom is -0.478 e. The van der Waals surface area contributed by atoms with Gasteiger partial charge >= 0.3 is 5.97 Å². The third-order valence-corrected chi connectivity index (χ3v) is 5.24. The largest absolute Gasteiger partial charge is 0.478 e. The second-order valence-corrected chi connectivity index (χ2v) is 8.24. The van der Waals surface area contributed by atoms with Crippen LogP contribution in [0.2, 0.25) is 5.02 Å². The number of aromatic carboxylic acids is 1. The highest BCUT2D eigenvalue weighted by Crippen LogP contribution is 2.24. The van der Waals surface area contributed by atoms with Crippen molar-refractivity contribution in [1.82, 2.24) is 5.43 Å². The minimum atomic E-state index is -3.73. The highest BCUT2D eigenvalue weighted by Gasteiger charge is 2.21. The number of rotatable bonds is 7. The van der Waals surface area contributed by atoms with Gasteiger partial charge in [-0.3, -0.25) is 9.10 Å². The number of anilines is 1. The van der Waals surface area contributed by atoms with Gasteiger partial charge in [0.1, 0.15) is 6.54 Å². The molecule has 0 radical (unpaired) electrons. The maximum atomic E-state index is 12.1. The van der Waals surface area contributed by atoms with Crippen molar-refractivity contribution in [2.45, 2.75) is 6.92 Å². The molecular weight excluding hydrogens is 406 g/mol. The van der Waals surface area contributed by atoms with E-state index in [9.17, 15) is 18.0 Å². The Morgan fingerprint density at radius 1 is 1.21 bits per heavy atom. The van der Waals surface area contributed by atoms with Crippen molar-refractivity contribution in [3.63, 3.8) is 0 Å². The molecule has 0 bridgehead atoms. The van der Waals surface area contributed by atoms with Crippen molar-refractivity contribution in [1.29, 1.82) is 0 Å². The van der Waals surface area contributed by atoms with Crippen molar-refractivity contribution < 1.29 is 23.1 Å². The number of sulfonamides is 1. The number of aryl methyl sites for hydroxylation is 1. The predicted octanol–water partition coefficient (Wildman–Crippen LogP) is 2.26. The molecule has 0 fully saturated rings. The molecule has 8 nitrogen and oxygen atoms in total. The number of hydrazone groups is 1. The van der Waals surface area contributed by atoms with Crippen LogP contribution in [0.25, 0.3) is 0 Å². The molecule has 0 atom stereocenters. The van der Waals surface area contributed by atoms with Gasteiger partial charge in [-0.25, -0.2) is 18.6 Å². The monoisotopic (exact) mass is 423 g/mol. The number of hydrogen-bond acceptors (Lipinski definition) is 5. The van der Waals surface area contributed by atoms with Gasteiger partial charge in [-0.15, -0.1) is 0 Å². The van der Waals surface area contributed by atoms with Gasteiger partial charge in [-0.2, -0.15) is 5.10 Å². The fourth-order valence-electron chi connectivity index (χ4n) is 2.19. The standard InChI is InChI=1S/C18H18ClN3O5S/c1-12-3-8-15(9-16(12)19)22(28(2,26)27)11-17(23)21-20-10-13-4-6-14(7-5-13)18(24)25/h3-10H,11H2,1-2H3,(H,21,23)(H,24,25)/b20-10-. The van der Waals surface area contributed by atoms with Crippen LogP contribution in [0.1, 0.15) is 21.5 Å². The number of carboxylic acid groups (broad SMARTS) is 1. The molecule has 0 spiro atoms. The smallest absolute Gasteiger partial charge is 0.335 e. The molecule has 2 N–H and O–H groups in total. The van der Waals surface area contributed by atoms with Crippen molar-refractivity contribution in [3.8, 4) is 0 Å². The Bertz CT molecular complexity index is 1020. The number of amides is 1. The van der Waals surface area contributed by atoms with Crippen molar-refractivity contribution in [2.24, 2.45) is 5.10 Å². The Kier molecular flexibility index (Phi) is 6.76. The maximum absolute atomic E-state index is 12.1. The third-order valence-electron chi connectivity index (χ3n) is 3.69. The predicted molar refractivity (Wildman–Crippen MR) is 108 cm³/mol. The van der Waals surface area contributed by atoms with Crippen molar-refractivity contribution in [3.05, 3.63) is 64.2 Å². The zero-order chi connectivity index (χ0) is 20.9. The molecule has 0 aliphatic rings. The Hall–Kier alpha value is -2.91. The number of carboxylic acids is 1. The molecule has 0 unspecified atom stereocenters. The lowest BCUT2D eigenvalue weighted by atomic mass is 10.1. The zero-order valence-corrected chi connectivity index (χ0v) is 16.7. The lowest BCUT2D eigenvalue weighted by Gasteiger charge is -2.21. The van der Waals surface area contributed by atoms with Crippen LogP contribution in [0.15, 0.2) is 47.6 Å². The number of carbonyl (C=O) groups is 2. The molecule has 10 heteroatoms. The molecule has 0 saturated carbocycles. The summed E-state index contributed by atoms with van der Waals surface area (Å²) in [5, 5.41) is 13.0. The molecule has 0 saturated heterocycles. The molecule has 0 aliphatic carbocycles. The molecule has 28 heavy (non-hydrogen) atoms. The molecule has 0 aliphatic heterocycles. The first-order valence-corrected chi connectivity index (χ1v) is 10.2. The molecule has 148 valence electrons. The summed E-state index contributed by atoms with van der Waals surface area (Å²) < 4.78 is 25.0. The van der Waals surface area contributed by atoms with Crippen LogP contribution in [-0.2, 0) is 14.8 Å². The topological polar surface area (TPSA) is 116 Å². The van der Waals surface area contributed by atoms with Crippen LogP contribution < -0.4 is 9.73 Å². The van der Waals surface area contributed by atoms with Crippen molar-refractivity contribution >= 4 is 45.4 Å². The fourth-order valence-corrected chi connectivity index (χ4v) is 3.22. The van der Waals surface area contributed by atoms with Gasteiger partial charge in [0.15, 0.2) is 0 Å². The quantitative estimate of drug-likeness (QED) is 0.523. The average Bonchev–Trinajstić information content (AvgIpc) is 2.61. The van der Waals surface area contributed by atoms with Crippen LogP contribution in [0.4, 0.5) is 5.69 Å². The molecule has 0 aromatic heterocycles. The average molecular weight is 424 g/mol. The van der Waals surface area contributed by atoms with Gasteiger partial charge in [0, 0.05) is 5.02 Å². The number of benzene rings is 2. The Balaban J connectivity index is 2.07. The minimum absolute atomic E-state index is 0.127. The molecule has 2 rings (SSSR count). The van der Waals surface area contributed by atoms with Crippen molar-refractivity contribution in [2.75, 3.05) is 17.1 Å². The summed E-state index contributed by atoms with van der Waals surface area (Å²) in [4.78, 5) is 22.9. The van der Waals surface area contributed by atoms with Gasteiger partial charge in [-0.1, -0.05) is 29.8 Å². The molecule has 1 amide bonds. The normalized spacial score (nSPS) is 11.4. The third kappa shape index (κ3) is 5.80. The summed E-state index contributed by atoms with van der Waals surface area (Å²) in [6, 6.07) is 10.5. The first-order chi connectivity index (χ1) is 13.1. The molecule has 2 aromatic rings. The number of carbonyl (C=O) groups excluding carboxylic acids is 1. The highest BCUT2D eigenvalue weighted by molar-refractivity contribution is 7.92. The number of halogens is 1. The molecular formula is C18H18ClN3O5S. The fraction of sp³-hybridized carbons (Fsp3) is 0.167. The number of nitrogens with zero attached hydrogens (tertiary/aromatic N) is 2. The summed E-state index contributed by atoms with van der Waals surface area (Å²) in [5.74, 6) is -1.70. The number of hydrogen-bond donors (Lipinski definition) is 2. The SMILES string of the molecule is Cc1ccc(N(CC(=O)N/N=C\c2ccc(C(=O)O)cc2)S(C)(=O)=O)cc1Cl. The van der Waals surface area contributed by atoms with E-state index in [-0.39, 0.29) is 11.3 Å². The van der Waals surface area contributed by atoms with Crippen LogP contribution in [0.3, 0.4) is 0 Å². The lowest BCUT2D eigenvalue weighted by Crippen LogP contribution is -2.39. The van der Waals surface area contributed by atoms with Gasteiger partial charge in [-0.05, 0) is 42.3 Å². The molecule has 0 heterocycles. The van der Waals surface area contributed by atoms with Crippen LogP contribution in [0.5, 0.6) is 0 Å². The van der Waals surface area contributed by atoms with E-state index < -0.39 is 28.4 Å². The second kappa shape index (κ2) is 8.85. The Morgan fingerprint density at radius 3 is 2.39 bits per heavy atom. The van der Waals surface area contributed by atoms with E-state index in [1.807, 2.05) is 0 Å². The van der Waals surface area contributed by atoms with E-state index in [2.05, 4.69) is 10.5 Å². The summed E-state index contributed by atoms with van der Waals surface area (Å²) in [5.41, 5.74) is 3.98. The van der Waals surface area contributed by atoms with Crippen LogP contribution in [-0.4, -0.2) is 44.4 Å². The van der Waals surface area contributed by atoms with Gasteiger partial charge in [0.05, 0.1) is 23.7 Å². The summed E-state index contributed by atoms with van der Waals surface area (Å²) >= 11 is 6.04. The maximum Gasteiger partial charge on any atom is 0.335 e. The van der Waals surface area contributed by atoms with E-state index in [1.165, 1.54) is 36.5 Å². The lowest BCUT2D eigenvalue weighted by molar-refractivity contribution is -0.119. The van der Waals surface area contributed by atoms with Crippen LogP contribution >= 0.6 is 11.6 Å². The second-order valence-electron chi connectivity index (χ2n) is 5.92. The van der Waals surface area contributed by atoms with Gasteiger partial charge in [0.25, 0.3) is 5.91 Å². The van der Waals surface area contributed by atoms with E-state index in [4.69, 9.17) is 16.7 Å². The summed E-state index contributed by atoms with van der Waals surface area (Å²) in [6.07, 6.45) is 2.30. The van der Waals surface area contributed by atoms with Gasteiger partial charge < -0.3 is 5.11 Å². The molecule has 2 aromatic carbocycles. The van der Waals surface area contributed by atoms with E-state index >= 15 is 0 Å².